The molecular formula is C47H90NO7+. The zero-order valence-corrected chi connectivity index (χ0v) is 36.9. The standard InChI is InChI=1S/C47H89NO7/c1-6-8-10-12-14-16-18-19-20-21-22-23-24-25-26-28-30-32-34-36-38-46(50)55-43(41-53-40-39-44(47(51)52)48(3,4)5)42-54-45(49)37-35-33-31-29-27-17-15-13-11-9-7-2/h22-23,43-44H,6-21,24-42H2,1-5H3/p+1/b23-22+. The number of hydrogen-bond donors (Lipinski definition) is 1. The molecular weight excluding hydrogens is 691 g/mol. The molecule has 0 saturated heterocycles. The Morgan fingerprint density at radius 1 is 0.527 bits per heavy atom. The fourth-order valence-electron chi connectivity index (χ4n) is 7.03. The van der Waals surface area contributed by atoms with E-state index in [0.29, 0.717) is 19.3 Å². The highest BCUT2D eigenvalue weighted by Crippen LogP contribution is 2.15. The summed E-state index contributed by atoms with van der Waals surface area (Å²) in [6.45, 7) is 4.75. The Bertz CT molecular complexity index is 915. The Labute approximate surface area is 339 Å². The molecule has 0 rings (SSSR count). The van der Waals surface area contributed by atoms with Crippen molar-refractivity contribution in [1.82, 2.24) is 0 Å². The van der Waals surface area contributed by atoms with Gasteiger partial charge in [0.25, 0.3) is 0 Å². The maximum atomic E-state index is 12.7. The first kappa shape index (κ1) is 53.1. The van der Waals surface area contributed by atoms with E-state index in [1.807, 2.05) is 21.1 Å². The van der Waals surface area contributed by atoms with E-state index < -0.39 is 18.1 Å². The summed E-state index contributed by atoms with van der Waals surface area (Å²) >= 11 is 0. The van der Waals surface area contributed by atoms with Gasteiger partial charge in [-0.2, -0.15) is 0 Å². The number of hydrogen-bond acceptors (Lipinski definition) is 6. The minimum atomic E-state index is -0.873. The summed E-state index contributed by atoms with van der Waals surface area (Å²) in [4.78, 5) is 36.9. The predicted octanol–water partition coefficient (Wildman–Crippen LogP) is 12.7. The first-order valence-electron chi connectivity index (χ1n) is 23.2. The van der Waals surface area contributed by atoms with Crippen molar-refractivity contribution in [3.05, 3.63) is 12.2 Å². The summed E-state index contributed by atoms with van der Waals surface area (Å²) in [6.07, 6.45) is 41.1. The lowest BCUT2D eigenvalue weighted by atomic mass is 10.1. The number of carbonyl (C=O) groups excluding carboxylic acids is 2. The first-order valence-corrected chi connectivity index (χ1v) is 23.2. The van der Waals surface area contributed by atoms with E-state index in [1.54, 1.807) is 0 Å². The van der Waals surface area contributed by atoms with Crippen LogP contribution < -0.4 is 0 Å². The third-order valence-electron chi connectivity index (χ3n) is 10.7. The molecule has 0 saturated carbocycles. The fraction of sp³-hybridized carbons (Fsp3) is 0.894. The van der Waals surface area contributed by atoms with Gasteiger partial charge in [-0.3, -0.25) is 9.59 Å². The number of nitrogens with zero attached hydrogens (tertiary/aromatic N) is 1. The second-order valence-corrected chi connectivity index (χ2v) is 17.0. The third kappa shape index (κ3) is 37.4. The van der Waals surface area contributed by atoms with Gasteiger partial charge in [-0.25, -0.2) is 4.79 Å². The van der Waals surface area contributed by atoms with E-state index >= 15 is 0 Å². The van der Waals surface area contributed by atoms with Crippen molar-refractivity contribution in [3.63, 3.8) is 0 Å². The molecule has 55 heavy (non-hydrogen) atoms. The average molecular weight is 781 g/mol. The second-order valence-electron chi connectivity index (χ2n) is 17.0. The minimum absolute atomic E-state index is 0.0469. The number of ether oxygens (including phenoxy) is 3. The van der Waals surface area contributed by atoms with Crippen LogP contribution in [-0.4, -0.2) is 80.6 Å². The summed E-state index contributed by atoms with van der Waals surface area (Å²) in [6, 6.07) is -0.610. The van der Waals surface area contributed by atoms with Gasteiger partial charge >= 0.3 is 17.9 Å². The Balaban J connectivity index is 4.25. The van der Waals surface area contributed by atoms with Crippen LogP contribution in [0.25, 0.3) is 0 Å². The summed E-state index contributed by atoms with van der Waals surface area (Å²) in [5, 5.41) is 9.62. The lowest BCUT2D eigenvalue weighted by molar-refractivity contribution is -0.887. The van der Waals surface area contributed by atoms with Crippen molar-refractivity contribution in [2.24, 2.45) is 0 Å². The van der Waals surface area contributed by atoms with Crippen molar-refractivity contribution in [2.45, 2.75) is 231 Å². The zero-order valence-electron chi connectivity index (χ0n) is 36.9. The Hall–Kier alpha value is -1.93. The van der Waals surface area contributed by atoms with Crippen LogP contribution in [0.5, 0.6) is 0 Å². The number of rotatable bonds is 42. The van der Waals surface area contributed by atoms with Crippen LogP contribution in [0, 0.1) is 0 Å². The second kappa shape index (κ2) is 38.9. The van der Waals surface area contributed by atoms with E-state index in [1.165, 1.54) is 148 Å². The Kier molecular flexibility index (Phi) is 37.6. The van der Waals surface area contributed by atoms with Crippen LogP contribution in [0.4, 0.5) is 0 Å². The summed E-state index contributed by atoms with van der Waals surface area (Å²) in [5.74, 6) is -1.46. The van der Waals surface area contributed by atoms with E-state index in [9.17, 15) is 19.5 Å². The summed E-state index contributed by atoms with van der Waals surface area (Å²) in [5.41, 5.74) is 0. The molecule has 0 aromatic heterocycles. The van der Waals surface area contributed by atoms with Crippen molar-refractivity contribution in [1.29, 1.82) is 0 Å². The molecule has 1 N–H and O–H groups in total. The molecule has 324 valence electrons. The monoisotopic (exact) mass is 781 g/mol. The molecule has 0 aliphatic carbocycles. The van der Waals surface area contributed by atoms with E-state index in [-0.39, 0.29) is 36.2 Å². The number of unbranched alkanes of at least 4 members (excludes halogenated alkanes) is 26. The maximum Gasteiger partial charge on any atom is 0.362 e. The molecule has 0 radical (unpaired) electrons. The fourth-order valence-corrected chi connectivity index (χ4v) is 7.03. The van der Waals surface area contributed by atoms with Gasteiger partial charge in [-0.15, -0.1) is 0 Å². The van der Waals surface area contributed by atoms with Crippen molar-refractivity contribution in [3.8, 4) is 0 Å². The lowest BCUT2D eigenvalue weighted by Crippen LogP contribution is -2.50. The van der Waals surface area contributed by atoms with Gasteiger partial charge in [0.1, 0.15) is 6.61 Å². The molecule has 8 nitrogen and oxygen atoms in total. The highest BCUT2D eigenvalue weighted by Gasteiger charge is 2.31. The number of carboxylic acid groups (broad SMARTS) is 1. The molecule has 0 aromatic carbocycles. The normalized spacial score (nSPS) is 13.0. The SMILES string of the molecule is CCCCCCCCCCC/C=C/CCCCCCCCCC(=O)OC(COCCC(C(=O)O)[N+](C)(C)C)COC(=O)CCCCCCCCCCCCC. The molecule has 2 atom stereocenters. The molecule has 0 aliphatic rings. The van der Waals surface area contributed by atoms with Gasteiger partial charge < -0.3 is 23.8 Å². The first-order chi connectivity index (χ1) is 26.6. The molecule has 0 aromatic rings. The highest BCUT2D eigenvalue weighted by molar-refractivity contribution is 5.72. The number of allylic oxidation sites excluding steroid dienone is 2. The van der Waals surface area contributed by atoms with E-state index in [0.717, 1.165) is 38.5 Å². The van der Waals surface area contributed by atoms with Crippen LogP contribution in [0.3, 0.4) is 0 Å². The molecule has 8 heteroatoms. The molecule has 0 fully saturated rings. The van der Waals surface area contributed by atoms with Crippen molar-refractivity contribution >= 4 is 17.9 Å². The summed E-state index contributed by atoms with van der Waals surface area (Å²) < 4.78 is 17.3. The molecule has 0 spiro atoms. The number of aliphatic carboxylic acids is 1. The predicted molar refractivity (Wildman–Crippen MR) is 229 cm³/mol. The van der Waals surface area contributed by atoms with Crippen LogP contribution in [0.2, 0.25) is 0 Å². The highest BCUT2D eigenvalue weighted by atomic mass is 16.6. The molecule has 0 amide bonds. The number of carboxylic acids is 1. The van der Waals surface area contributed by atoms with Gasteiger partial charge in [0.2, 0.25) is 0 Å². The molecule has 0 aliphatic heterocycles. The molecule has 0 bridgehead atoms. The Morgan fingerprint density at radius 3 is 1.31 bits per heavy atom. The number of likely N-dealkylation sites (N-methyl/N-ethyl adjacent to an activating group) is 1. The summed E-state index contributed by atoms with van der Waals surface area (Å²) in [7, 11) is 5.53. The van der Waals surface area contributed by atoms with Crippen LogP contribution >= 0.6 is 0 Å². The van der Waals surface area contributed by atoms with Crippen LogP contribution in [0.1, 0.15) is 219 Å². The maximum absolute atomic E-state index is 12.7. The molecule has 2 unspecified atom stereocenters. The minimum Gasteiger partial charge on any atom is -0.477 e. The van der Waals surface area contributed by atoms with Crippen LogP contribution in [-0.2, 0) is 28.6 Å². The Morgan fingerprint density at radius 2 is 0.909 bits per heavy atom. The quantitative estimate of drug-likeness (QED) is 0.0285. The largest absolute Gasteiger partial charge is 0.477 e. The zero-order chi connectivity index (χ0) is 40.7. The third-order valence-corrected chi connectivity index (χ3v) is 10.7. The smallest absolute Gasteiger partial charge is 0.362 e. The van der Waals surface area contributed by atoms with E-state index in [2.05, 4.69) is 26.0 Å². The average Bonchev–Trinajstić information content (AvgIpc) is 3.14. The number of quaternary nitrogens is 1. The van der Waals surface area contributed by atoms with Crippen molar-refractivity contribution < 1.29 is 38.2 Å². The van der Waals surface area contributed by atoms with Gasteiger partial charge in [0.15, 0.2) is 12.1 Å². The van der Waals surface area contributed by atoms with Gasteiger partial charge in [0, 0.05) is 19.3 Å². The van der Waals surface area contributed by atoms with Gasteiger partial charge in [0.05, 0.1) is 34.4 Å². The van der Waals surface area contributed by atoms with Crippen LogP contribution in [0.15, 0.2) is 12.2 Å². The number of carbonyl (C=O) groups is 3. The van der Waals surface area contributed by atoms with Gasteiger partial charge in [-0.1, -0.05) is 174 Å². The molecule has 0 heterocycles. The van der Waals surface area contributed by atoms with Gasteiger partial charge in [-0.05, 0) is 38.5 Å². The topological polar surface area (TPSA) is 99.1 Å². The lowest BCUT2D eigenvalue weighted by Gasteiger charge is -2.31. The van der Waals surface area contributed by atoms with Crippen molar-refractivity contribution in [2.75, 3.05) is 41.0 Å². The number of esters is 2. The van der Waals surface area contributed by atoms with E-state index in [4.69, 9.17) is 14.2 Å².